The predicted octanol–water partition coefficient (Wildman–Crippen LogP) is 1.52. The van der Waals surface area contributed by atoms with Crippen molar-refractivity contribution in [2.45, 2.75) is 13.0 Å². The molecule has 0 heterocycles. The summed E-state index contributed by atoms with van der Waals surface area (Å²) >= 11 is 0. The van der Waals surface area contributed by atoms with Crippen LogP contribution in [0.25, 0.3) is 0 Å². The van der Waals surface area contributed by atoms with Gasteiger partial charge in [0.05, 0.1) is 6.21 Å². The van der Waals surface area contributed by atoms with E-state index in [1.54, 1.807) is 12.1 Å². The van der Waals surface area contributed by atoms with Gasteiger partial charge in [-0.2, -0.15) is 0 Å². The Balaban J connectivity index is 2.40. The lowest BCUT2D eigenvalue weighted by Crippen LogP contribution is -2.20. The summed E-state index contributed by atoms with van der Waals surface area (Å²) in [5.41, 5.74) is 6.23. The first kappa shape index (κ1) is 10.7. The molecule has 0 aromatic heterocycles. The fraction of sp³-hybridized carbons (Fsp3) is 0.300. The lowest BCUT2D eigenvalue weighted by atomic mass is 10.2. The maximum Gasteiger partial charge on any atom is 0.131 e. The predicted molar refractivity (Wildman–Crippen MR) is 53.6 cm³/mol. The van der Waals surface area contributed by atoms with Crippen LogP contribution < -0.4 is 5.73 Å². The van der Waals surface area contributed by atoms with Crippen LogP contribution in [0.4, 0.5) is 4.39 Å². The number of halogens is 1. The Bertz CT molecular complexity index is 295. The summed E-state index contributed by atoms with van der Waals surface area (Å²) in [7, 11) is 0. The van der Waals surface area contributed by atoms with E-state index in [-0.39, 0.29) is 11.9 Å². The van der Waals surface area contributed by atoms with Gasteiger partial charge in [-0.05, 0) is 24.6 Å². The standard InChI is InChI=1S/C10H13FN2O/c1-8(12)7-14-13-6-9-2-4-10(11)5-3-9/h2-6,8H,7,12H2,1H3. The highest BCUT2D eigenvalue weighted by molar-refractivity contribution is 5.78. The highest BCUT2D eigenvalue weighted by atomic mass is 19.1. The second kappa shape index (κ2) is 5.34. The molecule has 0 amide bonds. The molecule has 1 unspecified atom stereocenters. The van der Waals surface area contributed by atoms with Crippen molar-refractivity contribution in [3.8, 4) is 0 Å². The molecule has 0 saturated carbocycles. The van der Waals surface area contributed by atoms with Crippen molar-refractivity contribution < 1.29 is 9.23 Å². The number of nitrogens with two attached hydrogens (primary N) is 1. The second-order valence-corrected chi connectivity index (χ2v) is 3.06. The van der Waals surface area contributed by atoms with E-state index in [0.717, 1.165) is 5.56 Å². The summed E-state index contributed by atoms with van der Waals surface area (Å²) < 4.78 is 12.5. The first-order chi connectivity index (χ1) is 6.68. The number of hydrogen-bond acceptors (Lipinski definition) is 3. The van der Waals surface area contributed by atoms with E-state index in [9.17, 15) is 4.39 Å². The zero-order valence-electron chi connectivity index (χ0n) is 7.98. The number of rotatable bonds is 4. The average molecular weight is 196 g/mol. The highest BCUT2D eigenvalue weighted by Gasteiger charge is 1.92. The molecule has 0 bridgehead atoms. The van der Waals surface area contributed by atoms with E-state index in [0.29, 0.717) is 6.61 Å². The van der Waals surface area contributed by atoms with Crippen LogP contribution in [-0.4, -0.2) is 18.9 Å². The van der Waals surface area contributed by atoms with Gasteiger partial charge in [0.2, 0.25) is 0 Å². The van der Waals surface area contributed by atoms with Crippen molar-refractivity contribution in [2.24, 2.45) is 10.9 Å². The minimum Gasteiger partial charge on any atom is -0.394 e. The summed E-state index contributed by atoms with van der Waals surface area (Å²) in [5.74, 6) is -0.265. The largest absolute Gasteiger partial charge is 0.394 e. The molecule has 1 rings (SSSR count). The van der Waals surface area contributed by atoms with E-state index >= 15 is 0 Å². The Morgan fingerprint density at radius 3 is 2.71 bits per heavy atom. The Morgan fingerprint density at radius 2 is 2.14 bits per heavy atom. The van der Waals surface area contributed by atoms with E-state index in [1.165, 1.54) is 18.3 Å². The third kappa shape index (κ3) is 4.00. The minimum absolute atomic E-state index is 0.0413. The smallest absolute Gasteiger partial charge is 0.131 e. The first-order valence-electron chi connectivity index (χ1n) is 4.35. The molecule has 0 saturated heterocycles. The number of oxime groups is 1. The quantitative estimate of drug-likeness (QED) is 0.586. The van der Waals surface area contributed by atoms with Gasteiger partial charge in [0.1, 0.15) is 12.4 Å². The number of benzene rings is 1. The normalized spacial score (nSPS) is 13.1. The zero-order valence-corrected chi connectivity index (χ0v) is 7.98. The van der Waals surface area contributed by atoms with Crippen molar-refractivity contribution in [3.05, 3.63) is 35.6 Å². The number of nitrogens with zero attached hydrogens (tertiary/aromatic N) is 1. The van der Waals surface area contributed by atoms with Crippen LogP contribution in [0.3, 0.4) is 0 Å². The maximum atomic E-state index is 12.5. The molecular weight excluding hydrogens is 183 g/mol. The van der Waals surface area contributed by atoms with Gasteiger partial charge in [0.25, 0.3) is 0 Å². The first-order valence-corrected chi connectivity index (χ1v) is 4.35. The molecule has 3 nitrogen and oxygen atoms in total. The van der Waals surface area contributed by atoms with Gasteiger partial charge in [-0.15, -0.1) is 0 Å². The van der Waals surface area contributed by atoms with Crippen LogP contribution in [0.5, 0.6) is 0 Å². The highest BCUT2D eigenvalue weighted by Crippen LogP contribution is 1.99. The summed E-state index contributed by atoms with van der Waals surface area (Å²) in [6.45, 7) is 2.20. The fourth-order valence-electron chi connectivity index (χ4n) is 0.808. The number of hydrogen-bond donors (Lipinski definition) is 1. The Labute approximate surface area is 82.4 Å². The molecule has 0 aliphatic rings. The Kier molecular flexibility index (Phi) is 4.07. The molecule has 0 radical (unpaired) electrons. The molecule has 76 valence electrons. The van der Waals surface area contributed by atoms with Gasteiger partial charge in [0.15, 0.2) is 0 Å². The van der Waals surface area contributed by atoms with E-state index in [1.807, 2.05) is 6.92 Å². The molecule has 0 spiro atoms. The molecule has 0 aliphatic carbocycles. The fourth-order valence-corrected chi connectivity index (χ4v) is 0.808. The van der Waals surface area contributed by atoms with E-state index in [4.69, 9.17) is 10.6 Å². The molecule has 4 heteroatoms. The van der Waals surface area contributed by atoms with Crippen LogP contribution >= 0.6 is 0 Å². The van der Waals surface area contributed by atoms with Crippen LogP contribution in [0.1, 0.15) is 12.5 Å². The second-order valence-electron chi connectivity index (χ2n) is 3.06. The molecule has 0 fully saturated rings. The molecular formula is C10H13FN2O. The van der Waals surface area contributed by atoms with Crippen molar-refractivity contribution >= 4 is 6.21 Å². The van der Waals surface area contributed by atoms with Crippen LogP contribution in [-0.2, 0) is 4.84 Å². The van der Waals surface area contributed by atoms with Crippen LogP contribution in [0, 0.1) is 5.82 Å². The minimum atomic E-state index is -0.265. The van der Waals surface area contributed by atoms with Crippen molar-refractivity contribution in [3.63, 3.8) is 0 Å². The van der Waals surface area contributed by atoms with Gasteiger partial charge in [0, 0.05) is 6.04 Å². The molecule has 14 heavy (non-hydrogen) atoms. The lowest BCUT2D eigenvalue weighted by molar-refractivity contribution is 0.135. The monoisotopic (exact) mass is 196 g/mol. The van der Waals surface area contributed by atoms with Crippen molar-refractivity contribution in [1.29, 1.82) is 0 Å². The van der Waals surface area contributed by atoms with E-state index in [2.05, 4.69) is 5.16 Å². The zero-order chi connectivity index (χ0) is 10.4. The third-order valence-electron chi connectivity index (χ3n) is 1.48. The van der Waals surface area contributed by atoms with Crippen LogP contribution in [0.15, 0.2) is 29.4 Å². The Hall–Kier alpha value is -1.42. The molecule has 2 N–H and O–H groups in total. The summed E-state index contributed by atoms with van der Waals surface area (Å²) in [4.78, 5) is 4.88. The Morgan fingerprint density at radius 1 is 1.50 bits per heavy atom. The third-order valence-corrected chi connectivity index (χ3v) is 1.48. The molecule has 0 aliphatic heterocycles. The maximum absolute atomic E-state index is 12.5. The van der Waals surface area contributed by atoms with Gasteiger partial charge < -0.3 is 10.6 Å². The average Bonchev–Trinajstić information content (AvgIpc) is 2.15. The van der Waals surface area contributed by atoms with Crippen molar-refractivity contribution in [1.82, 2.24) is 0 Å². The molecule has 1 aromatic rings. The summed E-state index contributed by atoms with van der Waals surface area (Å²) in [6, 6.07) is 5.93. The lowest BCUT2D eigenvalue weighted by Gasteiger charge is -2.01. The SMILES string of the molecule is CC(N)CON=Cc1ccc(F)cc1. The van der Waals surface area contributed by atoms with E-state index < -0.39 is 0 Å². The van der Waals surface area contributed by atoms with Gasteiger partial charge in [-0.1, -0.05) is 17.3 Å². The van der Waals surface area contributed by atoms with Gasteiger partial charge in [-0.25, -0.2) is 4.39 Å². The molecule has 1 atom stereocenters. The molecule has 1 aromatic carbocycles. The summed E-state index contributed by atoms with van der Waals surface area (Å²) in [5, 5.41) is 3.68. The van der Waals surface area contributed by atoms with Gasteiger partial charge in [-0.3, -0.25) is 0 Å². The topological polar surface area (TPSA) is 47.6 Å². The summed E-state index contributed by atoms with van der Waals surface area (Å²) in [6.07, 6.45) is 1.52. The van der Waals surface area contributed by atoms with Crippen molar-refractivity contribution in [2.75, 3.05) is 6.61 Å². The van der Waals surface area contributed by atoms with Crippen LogP contribution in [0.2, 0.25) is 0 Å². The van der Waals surface area contributed by atoms with Gasteiger partial charge >= 0.3 is 0 Å².